The maximum atomic E-state index is 5.73. The van der Waals surface area contributed by atoms with Crippen LogP contribution in [0.15, 0.2) is 24.3 Å². The van der Waals surface area contributed by atoms with Gasteiger partial charge in [0.1, 0.15) is 0 Å². The van der Waals surface area contributed by atoms with E-state index in [2.05, 4.69) is 36.5 Å². The molecule has 0 spiro atoms. The first-order valence-corrected chi connectivity index (χ1v) is 8.79. The van der Waals surface area contributed by atoms with Gasteiger partial charge < -0.3 is 5.32 Å². The van der Waals surface area contributed by atoms with E-state index >= 15 is 0 Å². The van der Waals surface area contributed by atoms with Crippen molar-refractivity contribution in [2.24, 2.45) is 0 Å². The maximum absolute atomic E-state index is 5.73. The molecule has 2 heteroatoms. The van der Waals surface area contributed by atoms with Crippen LogP contribution in [0.5, 0.6) is 0 Å². The molecule has 114 valence electrons. The van der Waals surface area contributed by atoms with Gasteiger partial charge in [0, 0.05) is 18.1 Å². The number of hydrogen-bond donors (Lipinski definition) is 1. The SMILES string of the molecule is CCCCCCCCCCNc1ccc(CCCl)cc1. The van der Waals surface area contributed by atoms with E-state index in [1.165, 1.54) is 62.6 Å². The van der Waals surface area contributed by atoms with Gasteiger partial charge in [-0.1, -0.05) is 64.0 Å². The number of halogens is 1. The first-order valence-electron chi connectivity index (χ1n) is 8.25. The number of unbranched alkanes of at least 4 members (excludes halogenated alkanes) is 7. The molecule has 0 atom stereocenters. The van der Waals surface area contributed by atoms with Crippen molar-refractivity contribution in [3.8, 4) is 0 Å². The highest BCUT2D eigenvalue weighted by Crippen LogP contribution is 2.12. The summed E-state index contributed by atoms with van der Waals surface area (Å²) in [4.78, 5) is 0. The van der Waals surface area contributed by atoms with Crippen LogP contribution >= 0.6 is 11.6 Å². The van der Waals surface area contributed by atoms with Gasteiger partial charge in [-0.2, -0.15) is 0 Å². The van der Waals surface area contributed by atoms with E-state index in [0.717, 1.165) is 13.0 Å². The number of nitrogens with one attached hydrogen (secondary N) is 1. The Balaban J connectivity index is 1.98. The fourth-order valence-corrected chi connectivity index (χ4v) is 2.61. The van der Waals surface area contributed by atoms with Crippen LogP contribution in [0.2, 0.25) is 0 Å². The monoisotopic (exact) mass is 295 g/mol. The smallest absolute Gasteiger partial charge is 0.0340 e. The molecule has 20 heavy (non-hydrogen) atoms. The van der Waals surface area contributed by atoms with Gasteiger partial charge in [-0.05, 0) is 30.5 Å². The lowest BCUT2D eigenvalue weighted by molar-refractivity contribution is 0.581. The third-order valence-electron chi connectivity index (χ3n) is 3.70. The van der Waals surface area contributed by atoms with E-state index in [1.54, 1.807) is 0 Å². The molecule has 0 aliphatic heterocycles. The molecule has 0 amide bonds. The Kier molecular flexibility index (Phi) is 10.5. The van der Waals surface area contributed by atoms with Gasteiger partial charge in [-0.3, -0.25) is 0 Å². The van der Waals surface area contributed by atoms with Crippen molar-refractivity contribution < 1.29 is 0 Å². The summed E-state index contributed by atoms with van der Waals surface area (Å²) in [5.41, 5.74) is 2.55. The molecule has 1 nitrogen and oxygen atoms in total. The van der Waals surface area contributed by atoms with Crippen LogP contribution in [0.25, 0.3) is 0 Å². The summed E-state index contributed by atoms with van der Waals surface area (Å²) in [6.07, 6.45) is 12.0. The Hall–Kier alpha value is -0.690. The van der Waals surface area contributed by atoms with Crippen molar-refractivity contribution in [1.82, 2.24) is 0 Å². The van der Waals surface area contributed by atoms with Gasteiger partial charge in [0.15, 0.2) is 0 Å². The predicted molar refractivity (Wildman–Crippen MR) is 92.0 cm³/mol. The second-order valence-electron chi connectivity index (χ2n) is 5.54. The Morgan fingerprint density at radius 2 is 1.45 bits per heavy atom. The molecule has 0 bridgehead atoms. The van der Waals surface area contributed by atoms with Crippen molar-refractivity contribution >= 4 is 17.3 Å². The van der Waals surface area contributed by atoms with Crippen LogP contribution in [0.1, 0.15) is 63.9 Å². The lowest BCUT2D eigenvalue weighted by atomic mass is 10.1. The molecule has 0 unspecified atom stereocenters. The molecule has 0 saturated carbocycles. The van der Waals surface area contributed by atoms with Gasteiger partial charge in [-0.25, -0.2) is 0 Å². The lowest BCUT2D eigenvalue weighted by Crippen LogP contribution is -2.01. The minimum atomic E-state index is 0.699. The molecule has 0 aliphatic carbocycles. The van der Waals surface area contributed by atoms with Crippen LogP contribution in [0.3, 0.4) is 0 Å². The van der Waals surface area contributed by atoms with E-state index in [9.17, 15) is 0 Å². The molecule has 0 saturated heterocycles. The fraction of sp³-hybridized carbons (Fsp3) is 0.667. The summed E-state index contributed by atoms with van der Waals surface area (Å²) in [6.45, 7) is 3.36. The van der Waals surface area contributed by atoms with Crippen molar-refractivity contribution in [1.29, 1.82) is 0 Å². The van der Waals surface area contributed by atoms with E-state index in [0.29, 0.717) is 5.88 Å². The van der Waals surface area contributed by atoms with Crippen molar-refractivity contribution in [2.45, 2.75) is 64.7 Å². The molecule has 1 N–H and O–H groups in total. The van der Waals surface area contributed by atoms with Gasteiger partial charge in [0.2, 0.25) is 0 Å². The van der Waals surface area contributed by atoms with Crippen molar-refractivity contribution in [3.05, 3.63) is 29.8 Å². The standard InChI is InChI=1S/C18H30ClN/c1-2-3-4-5-6-7-8-9-16-20-18-12-10-17(11-13-18)14-15-19/h10-13,20H,2-9,14-16H2,1H3. The third kappa shape index (κ3) is 8.47. The Bertz CT molecular complexity index is 321. The number of anilines is 1. The first kappa shape index (κ1) is 17.4. The van der Waals surface area contributed by atoms with Crippen molar-refractivity contribution in [2.75, 3.05) is 17.7 Å². The van der Waals surface area contributed by atoms with Gasteiger partial charge >= 0.3 is 0 Å². The molecule has 1 aromatic rings. The summed E-state index contributed by atoms with van der Waals surface area (Å²) in [5.74, 6) is 0.699. The van der Waals surface area contributed by atoms with E-state index in [1.807, 2.05) is 0 Å². The average Bonchev–Trinajstić information content (AvgIpc) is 2.47. The van der Waals surface area contributed by atoms with Crippen molar-refractivity contribution in [3.63, 3.8) is 0 Å². The lowest BCUT2D eigenvalue weighted by Gasteiger charge is -2.07. The number of alkyl halides is 1. The van der Waals surface area contributed by atoms with Gasteiger partial charge in [-0.15, -0.1) is 11.6 Å². The summed E-state index contributed by atoms with van der Waals surface area (Å²) in [6, 6.07) is 8.65. The minimum Gasteiger partial charge on any atom is -0.385 e. The molecule has 0 aromatic heterocycles. The molecule has 0 fully saturated rings. The molecular formula is C18H30ClN. The highest BCUT2D eigenvalue weighted by atomic mass is 35.5. The van der Waals surface area contributed by atoms with Gasteiger partial charge in [0.05, 0.1) is 0 Å². The normalized spacial score (nSPS) is 10.7. The van der Waals surface area contributed by atoms with E-state index in [-0.39, 0.29) is 0 Å². The van der Waals surface area contributed by atoms with Crippen LogP contribution in [-0.4, -0.2) is 12.4 Å². The summed E-state index contributed by atoms with van der Waals surface area (Å²) in [7, 11) is 0. The third-order valence-corrected chi connectivity index (χ3v) is 3.89. The molecule has 0 radical (unpaired) electrons. The quantitative estimate of drug-likeness (QED) is 0.367. The predicted octanol–water partition coefficient (Wildman–Crippen LogP) is 6.02. The first-order chi connectivity index (χ1) is 9.86. The highest BCUT2D eigenvalue weighted by molar-refractivity contribution is 6.17. The van der Waals surface area contributed by atoms with E-state index < -0.39 is 0 Å². The van der Waals surface area contributed by atoms with Crippen LogP contribution < -0.4 is 5.32 Å². The zero-order chi connectivity index (χ0) is 14.5. The zero-order valence-corrected chi connectivity index (χ0v) is 13.7. The number of hydrogen-bond acceptors (Lipinski definition) is 1. The Morgan fingerprint density at radius 3 is 2.05 bits per heavy atom. The maximum Gasteiger partial charge on any atom is 0.0340 e. The van der Waals surface area contributed by atoms with Crippen LogP contribution in [0.4, 0.5) is 5.69 Å². The Morgan fingerprint density at radius 1 is 0.850 bits per heavy atom. The van der Waals surface area contributed by atoms with E-state index in [4.69, 9.17) is 11.6 Å². The summed E-state index contributed by atoms with van der Waals surface area (Å²) in [5, 5.41) is 3.49. The second-order valence-corrected chi connectivity index (χ2v) is 5.92. The summed E-state index contributed by atoms with van der Waals surface area (Å²) < 4.78 is 0. The number of rotatable bonds is 12. The summed E-state index contributed by atoms with van der Waals surface area (Å²) >= 11 is 5.73. The average molecular weight is 296 g/mol. The molecule has 0 heterocycles. The fourth-order valence-electron chi connectivity index (χ4n) is 2.39. The largest absolute Gasteiger partial charge is 0.385 e. The number of benzene rings is 1. The molecule has 1 rings (SSSR count). The van der Waals surface area contributed by atoms with Crippen LogP contribution in [-0.2, 0) is 6.42 Å². The van der Waals surface area contributed by atoms with Gasteiger partial charge in [0.25, 0.3) is 0 Å². The molecular weight excluding hydrogens is 266 g/mol. The number of aryl methyl sites for hydroxylation is 1. The minimum absolute atomic E-state index is 0.699. The Labute approximate surface area is 130 Å². The zero-order valence-electron chi connectivity index (χ0n) is 13.0. The highest BCUT2D eigenvalue weighted by Gasteiger charge is 1.95. The molecule has 0 aliphatic rings. The van der Waals surface area contributed by atoms with Crippen LogP contribution in [0, 0.1) is 0 Å². The topological polar surface area (TPSA) is 12.0 Å². The molecule has 1 aromatic carbocycles. The second kappa shape index (κ2) is 12.1.